The number of alkyl halides is 6. The highest BCUT2D eigenvalue weighted by molar-refractivity contribution is 6.02. The molecule has 0 aromatic heterocycles. The number of hydrogen-bond donors (Lipinski definition) is 3. The Morgan fingerprint density at radius 1 is 0.661 bits per heavy atom. The summed E-state index contributed by atoms with van der Waals surface area (Å²) in [6.45, 7) is 11.4. The van der Waals surface area contributed by atoms with Gasteiger partial charge in [-0.05, 0) is 85.4 Å². The zero-order chi connectivity index (χ0) is 42.1. The summed E-state index contributed by atoms with van der Waals surface area (Å²) in [5.74, 6) is -1.29. The highest BCUT2D eigenvalue weighted by atomic mass is 35.5. The van der Waals surface area contributed by atoms with Crippen molar-refractivity contribution in [3.05, 3.63) is 70.3 Å². The minimum Gasteiger partial charge on any atom is -0.444 e. The van der Waals surface area contributed by atoms with Gasteiger partial charge in [0.15, 0.2) is 5.78 Å². The number of piperidine rings is 2. The summed E-state index contributed by atoms with van der Waals surface area (Å²) >= 11 is 0. The van der Waals surface area contributed by atoms with Crippen molar-refractivity contribution in [1.82, 2.24) is 9.80 Å². The van der Waals surface area contributed by atoms with Crippen molar-refractivity contribution in [2.75, 3.05) is 26.2 Å². The van der Waals surface area contributed by atoms with E-state index in [1.165, 1.54) is 9.80 Å². The van der Waals surface area contributed by atoms with Crippen LogP contribution in [0.15, 0.2) is 41.6 Å². The van der Waals surface area contributed by atoms with Gasteiger partial charge in [-0.25, -0.2) is 24.3 Å². The van der Waals surface area contributed by atoms with E-state index in [9.17, 15) is 54.7 Å². The van der Waals surface area contributed by atoms with E-state index in [2.05, 4.69) is 11.1 Å². The maximum atomic E-state index is 14.4. The van der Waals surface area contributed by atoms with E-state index in [4.69, 9.17) is 14.7 Å². The molecule has 0 spiro atoms. The molecule has 2 amide bonds. The van der Waals surface area contributed by atoms with E-state index < -0.39 is 81.7 Å². The molecule has 2 aromatic carbocycles. The highest BCUT2D eigenvalue weighted by Crippen LogP contribution is 2.35. The fourth-order valence-electron chi connectivity index (χ4n) is 5.78. The number of carbonyl (C=O) groups is 3. The predicted molar refractivity (Wildman–Crippen MR) is 190 cm³/mol. The average molecular weight is 835 g/mol. The topological polar surface area (TPSA) is 155 Å². The number of benzene rings is 2. The molecule has 4 rings (SSSR count). The maximum Gasteiger partial charge on any atom is 0.419 e. The molecule has 0 radical (unpaired) electrons. The molecule has 2 aromatic rings. The second-order valence-electron chi connectivity index (χ2n) is 14.7. The number of nitrogens with zero attached hydrogens (tertiary/aromatic N) is 3. The molecule has 2 heterocycles. The zero-order valence-electron chi connectivity index (χ0n) is 31.6. The van der Waals surface area contributed by atoms with Crippen LogP contribution in [-0.2, 0) is 21.8 Å². The van der Waals surface area contributed by atoms with Gasteiger partial charge in [0.2, 0.25) is 0 Å². The molecule has 4 N–H and O–H groups in total. The first-order chi connectivity index (χ1) is 25.3. The van der Waals surface area contributed by atoms with E-state index in [1.54, 1.807) is 41.5 Å². The van der Waals surface area contributed by atoms with Crippen molar-refractivity contribution < 1.29 is 69.4 Å². The van der Waals surface area contributed by atoms with Gasteiger partial charge in [-0.2, -0.15) is 26.3 Å². The van der Waals surface area contributed by atoms with Crippen LogP contribution in [0.25, 0.3) is 0 Å². The first kappa shape index (κ1) is 49.8. The summed E-state index contributed by atoms with van der Waals surface area (Å²) in [6.07, 6.45) is -9.59. The minimum absolute atomic E-state index is 0. The van der Waals surface area contributed by atoms with Crippen LogP contribution in [0.1, 0.15) is 94.3 Å². The summed E-state index contributed by atoms with van der Waals surface area (Å²) in [5, 5.41) is 18.9. The van der Waals surface area contributed by atoms with E-state index in [0.717, 1.165) is 24.3 Å². The normalized spacial score (nSPS) is 16.0. The number of hydrogen-bond acceptors (Lipinski definition) is 9. The monoisotopic (exact) mass is 834 g/mol. The van der Waals surface area contributed by atoms with Gasteiger partial charge in [0.25, 0.3) is 0 Å². The second-order valence-corrected chi connectivity index (χ2v) is 14.7. The molecule has 11 nitrogen and oxygen atoms in total. The van der Waals surface area contributed by atoms with Gasteiger partial charge in [0.1, 0.15) is 22.8 Å². The molecule has 20 heteroatoms. The van der Waals surface area contributed by atoms with Crippen LogP contribution in [0.3, 0.4) is 0 Å². The highest BCUT2D eigenvalue weighted by Gasteiger charge is 2.39. The van der Waals surface area contributed by atoms with Crippen LogP contribution >= 0.6 is 12.4 Å². The van der Waals surface area contributed by atoms with Crippen molar-refractivity contribution >= 4 is 36.1 Å². The van der Waals surface area contributed by atoms with Crippen LogP contribution in [0.2, 0.25) is 0 Å². The zero-order valence-corrected chi connectivity index (χ0v) is 32.4. The van der Waals surface area contributed by atoms with Crippen LogP contribution in [-0.4, -0.2) is 81.3 Å². The second kappa shape index (κ2) is 20.3. The number of ketones is 1. The predicted octanol–water partition coefficient (Wildman–Crippen LogP) is 9.10. The van der Waals surface area contributed by atoms with Crippen molar-refractivity contribution in [3.63, 3.8) is 0 Å². The third kappa shape index (κ3) is 14.1. The van der Waals surface area contributed by atoms with Crippen LogP contribution in [0.5, 0.6) is 0 Å². The molecular formula is C36H47ClF8N4O7. The van der Waals surface area contributed by atoms with Crippen LogP contribution in [0.4, 0.5) is 44.7 Å². The number of rotatable bonds is 4. The van der Waals surface area contributed by atoms with E-state index in [1.807, 2.05) is 0 Å². The van der Waals surface area contributed by atoms with Gasteiger partial charge >= 0.3 is 24.5 Å². The molecule has 2 saturated heterocycles. The Morgan fingerprint density at radius 3 is 1.34 bits per heavy atom. The van der Waals surface area contributed by atoms with Crippen LogP contribution < -0.4 is 5.90 Å². The fourth-order valence-corrected chi connectivity index (χ4v) is 5.78. The van der Waals surface area contributed by atoms with Gasteiger partial charge in [-0.15, -0.1) is 12.4 Å². The smallest absolute Gasteiger partial charge is 0.419 e. The Labute approximate surface area is 325 Å². The lowest BCUT2D eigenvalue weighted by molar-refractivity contribution is -0.140. The molecular weight excluding hydrogens is 788 g/mol. The van der Waals surface area contributed by atoms with Gasteiger partial charge in [-0.1, -0.05) is 23.4 Å². The molecule has 0 unspecified atom stereocenters. The third-order valence-electron chi connectivity index (χ3n) is 8.31. The lowest BCUT2D eigenvalue weighted by Crippen LogP contribution is -2.43. The number of halogens is 9. The number of amides is 2. The first-order valence-corrected chi connectivity index (χ1v) is 17.0. The number of ether oxygens (including phenoxy) is 2. The molecule has 0 atom stereocenters. The molecule has 2 fully saturated rings. The SMILES string of the molecule is CC(C)(C)OC(=O)N1CCC(C(=NO)c2cccc(C(F)(F)F)c2F)CC1.CC(C)(C)OC(=O)N1CCC(C(=O)c2cccc(C(F)(F)F)c2F)CC1.Cl.NO. The lowest BCUT2D eigenvalue weighted by Gasteiger charge is -2.33. The summed E-state index contributed by atoms with van der Waals surface area (Å²) < 4.78 is 116. The Bertz CT molecular complexity index is 1660. The summed E-state index contributed by atoms with van der Waals surface area (Å²) in [5.41, 5.74) is -5.25. The first-order valence-electron chi connectivity index (χ1n) is 17.0. The largest absolute Gasteiger partial charge is 0.444 e. The van der Waals surface area contributed by atoms with Crippen molar-refractivity contribution in [2.45, 2.75) is 90.8 Å². The molecule has 2 aliphatic heterocycles. The van der Waals surface area contributed by atoms with Crippen molar-refractivity contribution in [1.29, 1.82) is 0 Å². The van der Waals surface area contributed by atoms with Crippen LogP contribution in [0, 0.1) is 23.5 Å². The molecule has 0 saturated carbocycles. The molecule has 0 bridgehead atoms. The standard InChI is InChI=1S/C18H22F4N2O3.C18H21F4NO3.ClH.H3NO/c1-17(2,3)27-16(25)24-9-7-11(8-10-24)15(23-26)12-5-4-6-13(14(12)19)18(20,21)22;1-17(2,3)26-16(25)23-9-7-11(8-10-23)15(24)12-5-4-6-13(14(12)19)18(20,21)22;;1-2/h4-6,11,26H,7-10H2,1-3H3;4-6,11H,7-10H2,1-3H3;1H;2H,1H2. The van der Waals surface area contributed by atoms with E-state index >= 15 is 0 Å². The number of carbonyl (C=O) groups excluding carboxylic acids is 3. The number of nitrogens with two attached hydrogens (primary N) is 1. The molecule has 2 aliphatic rings. The Kier molecular flexibility index (Phi) is 18.0. The summed E-state index contributed by atoms with van der Waals surface area (Å²) in [4.78, 5) is 39.5. The minimum atomic E-state index is -4.86. The quantitative estimate of drug-likeness (QED) is 0.0906. The van der Waals surface area contributed by atoms with E-state index in [-0.39, 0.29) is 62.7 Å². The van der Waals surface area contributed by atoms with Gasteiger partial charge in [0.05, 0.1) is 22.4 Å². The summed E-state index contributed by atoms with van der Waals surface area (Å²) in [7, 11) is 0. The van der Waals surface area contributed by atoms with Gasteiger partial charge < -0.3 is 29.7 Å². The lowest BCUT2D eigenvalue weighted by atomic mass is 9.87. The Morgan fingerprint density at radius 2 is 1.00 bits per heavy atom. The number of Topliss-reactive ketones (excluding diaryl/α,β-unsaturated/α-hetero) is 1. The Balaban J connectivity index is 0.000000528. The van der Waals surface area contributed by atoms with Gasteiger partial charge in [0, 0.05) is 43.6 Å². The van der Waals surface area contributed by atoms with Gasteiger partial charge in [-0.3, -0.25) is 4.79 Å². The summed E-state index contributed by atoms with van der Waals surface area (Å²) in [6, 6.07) is 5.56. The van der Waals surface area contributed by atoms with E-state index in [0.29, 0.717) is 25.0 Å². The van der Waals surface area contributed by atoms with Crippen molar-refractivity contribution in [2.24, 2.45) is 22.9 Å². The fraction of sp³-hybridized carbons (Fsp3) is 0.556. The number of oxime groups is 1. The van der Waals surface area contributed by atoms with Crippen molar-refractivity contribution in [3.8, 4) is 0 Å². The number of likely N-dealkylation sites (tertiary alicyclic amines) is 2. The maximum absolute atomic E-state index is 14.4. The molecule has 316 valence electrons. The average Bonchev–Trinajstić information content (AvgIpc) is 3.08. The third-order valence-corrected chi connectivity index (χ3v) is 8.31. The molecule has 56 heavy (non-hydrogen) atoms. The Hall–Kier alpha value is -4.23. The molecule has 0 aliphatic carbocycles.